The Hall–Kier alpha value is -1.10. The van der Waals surface area contributed by atoms with Gasteiger partial charge in [-0.3, -0.25) is 9.59 Å². The van der Waals surface area contributed by atoms with Gasteiger partial charge in [0, 0.05) is 6.92 Å². The largest absolute Gasteiger partial charge is 0.469 e. The second-order valence-electron chi connectivity index (χ2n) is 6.51. The van der Waals surface area contributed by atoms with Crippen molar-refractivity contribution >= 4 is 11.9 Å². The molecule has 24 heavy (non-hydrogen) atoms. The van der Waals surface area contributed by atoms with Crippen LogP contribution in [0.1, 0.15) is 90.9 Å². The lowest BCUT2D eigenvalue weighted by Crippen LogP contribution is -2.16. The zero-order valence-electron chi connectivity index (χ0n) is 15.7. The molecule has 0 rings (SSSR count). The summed E-state index contributed by atoms with van der Waals surface area (Å²) in [6, 6.07) is 0. The Morgan fingerprint density at radius 2 is 1.46 bits per heavy atom. The van der Waals surface area contributed by atoms with Crippen LogP contribution in [0.4, 0.5) is 0 Å². The van der Waals surface area contributed by atoms with Crippen molar-refractivity contribution in [1.82, 2.24) is 0 Å². The molecule has 142 valence electrons. The zero-order chi connectivity index (χ0) is 18.2. The van der Waals surface area contributed by atoms with Gasteiger partial charge >= 0.3 is 11.9 Å². The van der Waals surface area contributed by atoms with E-state index in [4.69, 9.17) is 4.74 Å². The van der Waals surface area contributed by atoms with Gasteiger partial charge in [0.25, 0.3) is 0 Å². The molecular formula is C19H36O5. The highest BCUT2D eigenvalue weighted by atomic mass is 16.5. The van der Waals surface area contributed by atoms with Crippen LogP contribution in [0.15, 0.2) is 0 Å². The van der Waals surface area contributed by atoms with E-state index >= 15 is 0 Å². The molecule has 0 fully saturated rings. The number of rotatable bonds is 15. The lowest BCUT2D eigenvalue weighted by atomic mass is 10.0. The maximum absolute atomic E-state index is 11.1. The Balaban J connectivity index is 3.56. The molecule has 0 aliphatic rings. The Labute approximate surface area is 147 Å². The molecule has 0 spiro atoms. The van der Waals surface area contributed by atoms with E-state index in [1.165, 1.54) is 14.0 Å². The van der Waals surface area contributed by atoms with Crippen molar-refractivity contribution < 1.29 is 24.2 Å². The van der Waals surface area contributed by atoms with Crippen LogP contribution in [0, 0.1) is 0 Å². The third kappa shape index (κ3) is 14.5. The summed E-state index contributed by atoms with van der Waals surface area (Å²) in [5.41, 5.74) is 0. The predicted octanol–water partition coefficient (Wildman–Crippen LogP) is 4.15. The molecule has 0 saturated carbocycles. The summed E-state index contributed by atoms with van der Waals surface area (Å²) in [5.74, 6) is -0.533. The number of aliphatic hydroxyl groups excluding tert-OH is 1. The molecule has 0 radical (unpaired) electrons. The smallest absolute Gasteiger partial charge is 0.308 e. The first-order valence-electron chi connectivity index (χ1n) is 9.41. The number of carbonyl (C=O) groups excluding carboxylic acids is 2. The van der Waals surface area contributed by atoms with Gasteiger partial charge in [0.2, 0.25) is 0 Å². The number of unbranched alkanes of at least 4 members (excludes halogenated alkanes) is 6. The molecular weight excluding hydrogens is 308 g/mol. The summed E-state index contributed by atoms with van der Waals surface area (Å²) in [7, 11) is 1.34. The average Bonchev–Trinajstić information content (AvgIpc) is 2.54. The van der Waals surface area contributed by atoms with Crippen LogP contribution in [0.5, 0.6) is 0 Å². The van der Waals surface area contributed by atoms with Gasteiger partial charge in [-0.25, -0.2) is 0 Å². The van der Waals surface area contributed by atoms with Crippen LogP contribution in [0.3, 0.4) is 0 Å². The highest BCUT2D eigenvalue weighted by molar-refractivity contribution is 5.69. The summed E-state index contributed by atoms with van der Waals surface area (Å²) in [6.07, 6.45) is 10.9. The molecule has 0 aromatic rings. The molecule has 0 aromatic heterocycles. The van der Waals surface area contributed by atoms with E-state index in [1.54, 1.807) is 0 Å². The fourth-order valence-corrected chi connectivity index (χ4v) is 2.77. The van der Waals surface area contributed by atoms with Gasteiger partial charge in [-0.1, -0.05) is 51.9 Å². The number of esters is 2. The SMILES string of the molecule is CCCC[C@@H](CCCCCCCC[C@H](O)CC(=O)OC)OC(C)=O. The maximum atomic E-state index is 11.1. The molecule has 0 aliphatic heterocycles. The minimum Gasteiger partial charge on any atom is -0.469 e. The molecule has 5 heteroatoms. The van der Waals surface area contributed by atoms with Gasteiger partial charge in [-0.05, 0) is 25.7 Å². The first-order valence-corrected chi connectivity index (χ1v) is 9.41. The predicted molar refractivity (Wildman–Crippen MR) is 94.7 cm³/mol. The summed E-state index contributed by atoms with van der Waals surface area (Å²) < 4.78 is 9.89. The van der Waals surface area contributed by atoms with Gasteiger partial charge < -0.3 is 14.6 Å². The number of aliphatic hydroxyl groups is 1. The number of hydrogen-bond acceptors (Lipinski definition) is 5. The number of methoxy groups -OCH3 is 1. The van der Waals surface area contributed by atoms with Gasteiger partial charge in [0.15, 0.2) is 0 Å². The number of carbonyl (C=O) groups is 2. The van der Waals surface area contributed by atoms with Gasteiger partial charge in [-0.15, -0.1) is 0 Å². The first-order chi connectivity index (χ1) is 11.5. The molecule has 0 aromatic carbocycles. The minimum atomic E-state index is -0.583. The monoisotopic (exact) mass is 344 g/mol. The van der Waals surface area contributed by atoms with Crippen molar-refractivity contribution in [3.8, 4) is 0 Å². The first kappa shape index (κ1) is 22.9. The van der Waals surface area contributed by atoms with Crippen molar-refractivity contribution in [3.05, 3.63) is 0 Å². The van der Waals surface area contributed by atoms with Crippen LogP contribution in [0.25, 0.3) is 0 Å². The van der Waals surface area contributed by atoms with Crippen molar-refractivity contribution in [1.29, 1.82) is 0 Å². The van der Waals surface area contributed by atoms with Crippen molar-refractivity contribution in [2.75, 3.05) is 7.11 Å². The van der Waals surface area contributed by atoms with Crippen LogP contribution < -0.4 is 0 Å². The highest BCUT2D eigenvalue weighted by Crippen LogP contribution is 2.16. The lowest BCUT2D eigenvalue weighted by Gasteiger charge is -2.16. The fraction of sp³-hybridized carbons (Fsp3) is 0.895. The molecule has 0 amide bonds. The van der Waals surface area contributed by atoms with Crippen molar-refractivity contribution in [2.45, 2.75) is 103 Å². The number of hydrogen-bond donors (Lipinski definition) is 1. The molecule has 0 saturated heterocycles. The molecule has 0 unspecified atom stereocenters. The normalized spacial score (nSPS) is 13.3. The van der Waals surface area contributed by atoms with Gasteiger partial charge in [0.1, 0.15) is 6.10 Å². The topological polar surface area (TPSA) is 72.8 Å². The van der Waals surface area contributed by atoms with E-state index in [-0.39, 0.29) is 24.5 Å². The van der Waals surface area contributed by atoms with Crippen LogP contribution >= 0.6 is 0 Å². The molecule has 0 heterocycles. The summed E-state index contributed by atoms with van der Waals surface area (Å²) in [4.78, 5) is 22.1. The summed E-state index contributed by atoms with van der Waals surface area (Å²) >= 11 is 0. The van der Waals surface area contributed by atoms with Gasteiger partial charge in [-0.2, -0.15) is 0 Å². The Kier molecular flexibility index (Phi) is 14.7. The summed E-state index contributed by atoms with van der Waals surface area (Å²) in [6.45, 7) is 3.63. The maximum Gasteiger partial charge on any atom is 0.308 e. The van der Waals surface area contributed by atoms with Crippen LogP contribution in [-0.2, 0) is 19.1 Å². The quantitative estimate of drug-likeness (QED) is 0.357. The van der Waals surface area contributed by atoms with Gasteiger partial charge in [0.05, 0.1) is 19.6 Å². The van der Waals surface area contributed by atoms with E-state index < -0.39 is 6.10 Å². The highest BCUT2D eigenvalue weighted by Gasteiger charge is 2.11. The third-order valence-electron chi connectivity index (χ3n) is 4.16. The molecule has 0 bridgehead atoms. The zero-order valence-corrected chi connectivity index (χ0v) is 15.7. The summed E-state index contributed by atoms with van der Waals surface area (Å²) in [5, 5.41) is 9.65. The van der Waals surface area contributed by atoms with E-state index in [2.05, 4.69) is 11.7 Å². The van der Waals surface area contributed by atoms with E-state index in [0.717, 1.165) is 64.2 Å². The molecule has 1 N–H and O–H groups in total. The number of ether oxygens (including phenoxy) is 2. The lowest BCUT2D eigenvalue weighted by molar-refractivity contribution is -0.147. The van der Waals surface area contributed by atoms with Crippen LogP contribution in [-0.4, -0.2) is 36.4 Å². The second-order valence-corrected chi connectivity index (χ2v) is 6.51. The Morgan fingerprint density at radius 1 is 0.917 bits per heavy atom. The second kappa shape index (κ2) is 15.4. The average molecular weight is 344 g/mol. The Bertz CT molecular complexity index is 330. The van der Waals surface area contributed by atoms with Crippen molar-refractivity contribution in [2.24, 2.45) is 0 Å². The van der Waals surface area contributed by atoms with E-state index in [0.29, 0.717) is 6.42 Å². The minimum absolute atomic E-state index is 0.0796. The van der Waals surface area contributed by atoms with Crippen molar-refractivity contribution in [3.63, 3.8) is 0 Å². The standard InChI is InChI=1S/C19H36O5/c1-4-5-13-18(24-16(2)20)14-11-9-7-6-8-10-12-17(21)15-19(22)23-3/h17-18,21H,4-15H2,1-3H3/t17-,18-/m0/s1. The molecule has 2 atom stereocenters. The third-order valence-corrected chi connectivity index (χ3v) is 4.16. The molecule has 0 aliphatic carbocycles. The van der Waals surface area contributed by atoms with E-state index in [1.807, 2.05) is 0 Å². The van der Waals surface area contributed by atoms with Crippen LogP contribution in [0.2, 0.25) is 0 Å². The van der Waals surface area contributed by atoms with E-state index in [9.17, 15) is 14.7 Å². The molecule has 5 nitrogen and oxygen atoms in total. The fourth-order valence-electron chi connectivity index (χ4n) is 2.77. The Morgan fingerprint density at radius 3 is 2.00 bits per heavy atom.